The Kier molecular flexibility index (Phi) is 5.01. The molecule has 0 aliphatic heterocycles. The summed E-state index contributed by atoms with van der Waals surface area (Å²) in [4.78, 5) is 0. The van der Waals surface area contributed by atoms with Gasteiger partial charge in [0.1, 0.15) is 0 Å². The number of benzene rings is 1. The zero-order valence-corrected chi connectivity index (χ0v) is 11.3. The molecule has 0 radical (unpaired) electrons. The lowest BCUT2D eigenvalue weighted by Crippen LogP contribution is -2.27. The van der Waals surface area contributed by atoms with Crippen molar-refractivity contribution in [1.29, 1.82) is 0 Å². The third kappa shape index (κ3) is 4.32. The van der Waals surface area contributed by atoms with Gasteiger partial charge >= 0.3 is 6.18 Å². The van der Waals surface area contributed by atoms with E-state index in [2.05, 4.69) is 21.2 Å². The summed E-state index contributed by atoms with van der Waals surface area (Å²) in [5, 5.41) is 3.22. The van der Waals surface area contributed by atoms with E-state index < -0.39 is 11.7 Å². The van der Waals surface area contributed by atoms with Gasteiger partial charge in [-0.2, -0.15) is 13.2 Å². The van der Waals surface area contributed by atoms with Gasteiger partial charge in [-0.1, -0.05) is 28.9 Å². The van der Waals surface area contributed by atoms with E-state index in [0.29, 0.717) is 10.9 Å². The molecule has 0 amide bonds. The van der Waals surface area contributed by atoms with Gasteiger partial charge in [0.25, 0.3) is 0 Å². The summed E-state index contributed by atoms with van der Waals surface area (Å²) < 4.78 is 37.9. The summed E-state index contributed by atoms with van der Waals surface area (Å²) in [6.45, 7) is 4.85. The van der Waals surface area contributed by atoms with Crippen molar-refractivity contribution in [2.45, 2.75) is 32.5 Å². The first-order valence-electron chi connectivity index (χ1n) is 5.43. The topological polar surface area (TPSA) is 12.0 Å². The number of likely N-dealkylation sites (N-methyl/N-ethyl adjacent to an activating group) is 1. The lowest BCUT2D eigenvalue weighted by molar-refractivity contribution is -0.137. The largest absolute Gasteiger partial charge is 0.416 e. The second-order valence-corrected chi connectivity index (χ2v) is 4.82. The normalized spacial score (nSPS) is 13.8. The Morgan fingerprint density at radius 1 is 1.35 bits per heavy atom. The molecule has 0 saturated heterocycles. The SMILES string of the molecule is CCNC(C)Cc1ccc(C(F)(F)F)cc1Br. The minimum absolute atomic E-state index is 0.244. The molecule has 1 N–H and O–H groups in total. The molecule has 0 aliphatic rings. The summed E-state index contributed by atoms with van der Waals surface area (Å²) in [5.41, 5.74) is 0.260. The highest BCUT2D eigenvalue weighted by Crippen LogP contribution is 2.32. The molecular formula is C12H15BrF3N. The average Bonchev–Trinajstić information content (AvgIpc) is 2.20. The third-order valence-electron chi connectivity index (χ3n) is 2.46. The van der Waals surface area contributed by atoms with E-state index in [-0.39, 0.29) is 6.04 Å². The minimum atomic E-state index is -4.28. The lowest BCUT2D eigenvalue weighted by atomic mass is 10.0. The molecular weight excluding hydrogens is 295 g/mol. The van der Waals surface area contributed by atoms with E-state index >= 15 is 0 Å². The molecule has 1 unspecified atom stereocenters. The second-order valence-electron chi connectivity index (χ2n) is 3.97. The fraction of sp³-hybridized carbons (Fsp3) is 0.500. The fourth-order valence-electron chi connectivity index (χ4n) is 1.64. The third-order valence-corrected chi connectivity index (χ3v) is 3.20. The van der Waals surface area contributed by atoms with Gasteiger partial charge in [-0.05, 0) is 37.6 Å². The van der Waals surface area contributed by atoms with Crippen molar-refractivity contribution in [1.82, 2.24) is 5.32 Å². The highest BCUT2D eigenvalue weighted by Gasteiger charge is 2.30. The first-order valence-corrected chi connectivity index (χ1v) is 6.23. The first kappa shape index (κ1) is 14.5. The maximum Gasteiger partial charge on any atom is 0.416 e. The highest BCUT2D eigenvalue weighted by atomic mass is 79.9. The van der Waals surface area contributed by atoms with Crippen LogP contribution < -0.4 is 5.32 Å². The quantitative estimate of drug-likeness (QED) is 0.886. The summed E-state index contributed by atoms with van der Waals surface area (Å²) in [5.74, 6) is 0. The van der Waals surface area contributed by atoms with Crippen molar-refractivity contribution in [3.05, 3.63) is 33.8 Å². The van der Waals surface area contributed by atoms with Crippen molar-refractivity contribution < 1.29 is 13.2 Å². The Bertz CT molecular complexity index is 377. The average molecular weight is 310 g/mol. The maximum atomic E-state index is 12.4. The van der Waals surface area contributed by atoms with Gasteiger partial charge in [-0.15, -0.1) is 0 Å². The molecule has 0 aromatic heterocycles. The first-order chi connectivity index (χ1) is 7.84. The smallest absolute Gasteiger partial charge is 0.314 e. The summed E-state index contributed by atoms with van der Waals surface area (Å²) in [7, 11) is 0. The molecule has 0 saturated carbocycles. The van der Waals surface area contributed by atoms with Crippen molar-refractivity contribution in [2.24, 2.45) is 0 Å². The number of halogens is 4. The van der Waals surface area contributed by atoms with Gasteiger partial charge in [-0.25, -0.2) is 0 Å². The van der Waals surface area contributed by atoms with E-state index in [4.69, 9.17) is 0 Å². The number of hydrogen-bond donors (Lipinski definition) is 1. The van der Waals surface area contributed by atoms with Crippen LogP contribution in [0.1, 0.15) is 25.0 Å². The van der Waals surface area contributed by atoms with Crippen LogP contribution in [-0.4, -0.2) is 12.6 Å². The Morgan fingerprint density at radius 3 is 2.47 bits per heavy atom. The molecule has 0 fully saturated rings. The molecule has 1 aromatic rings. The second kappa shape index (κ2) is 5.87. The zero-order chi connectivity index (χ0) is 13.1. The van der Waals surface area contributed by atoms with Crippen LogP contribution in [0, 0.1) is 0 Å². The van der Waals surface area contributed by atoms with Gasteiger partial charge < -0.3 is 5.32 Å². The molecule has 1 atom stereocenters. The van der Waals surface area contributed by atoms with Crippen LogP contribution >= 0.6 is 15.9 Å². The Labute approximate surface area is 108 Å². The Morgan fingerprint density at radius 2 is 2.00 bits per heavy atom. The van der Waals surface area contributed by atoms with Crippen LogP contribution in [-0.2, 0) is 12.6 Å². The van der Waals surface area contributed by atoms with Crippen molar-refractivity contribution in [3.8, 4) is 0 Å². The molecule has 5 heteroatoms. The summed E-state index contributed by atoms with van der Waals surface area (Å²) >= 11 is 3.19. The molecule has 0 aliphatic carbocycles. The standard InChI is InChI=1S/C12H15BrF3N/c1-3-17-8(2)6-9-4-5-10(7-11(9)13)12(14,15)16/h4-5,7-8,17H,3,6H2,1-2H3. The molecule has 0 spiro atoms. The van der Waals surface area contributed by atoms with Crippen LogP contribution in [0.5, 0.6) is 0 Å². The Balaban J connectivity index is 2.83. The predicted octanol–water partition coefficient (Wildman–Crippen LogP) is 4.01. The summed E-state index contributed by atoms with van der Waals surface area (Å²) in [6, 6.07) is 4.03. The van der Waals surface area contributed by atoms with Crippen LogP contribution in [0.15, 0.2) is 22.7 Å². The number of alkyl halides is 3. The molecule has 0 heterocycles. The van der Waals surface area contributed by atoms with Crippen LogP contribution in [0.25, 0.3) is 0 Å². The van der Waals surface area contributed by atoms with Crippen molar-refractivity contribution >= 4 is 15.9 Å². The van der Waals surface area contributed by atoms with E-state index in [1.54, 1.807) is 0 Å². The van der Waals surface area contributed by atoms with Gasteiger partial charge in [-0.3, -0.25) is 0 Å². The maximum absolute atomic E-state index is 12.4. The van der Waals surface area contributed by atoms with E-state index in [9.17, 15) is 13.2 Å². The van der Waals surface area contributed by atoms with Crippen LogP contribution in [0.3, 0.4) is 0 Å². The fourth-order valence-corrected chi connectivity index (χ4v) is 2.18. The molecule has 17 heavy (non-hydrogen) atoms. The van der Waals surface area contributed by atoms with E-state index in [0.717, 1.165) is 24.2 Å². The van der Waals surface area contributed by atoms with Crippen LogP contribution in [0.4, 0.5) is 13.2 Å². The molecule has 1 nitrogen and oxygen atoms in total. The summed E-state index contributed by atoms with van der Waals surface area (Å²) in [6.07, 6.45) is -3.58. The predicted molar refractivity (Wildman–Crippen MR) is 66.0 cm³/mol. The number of rotatable bonds is 4. The van der Waals surface area contributed by atoms with Crippen LogP contribution in [0.2, 0.25) is 0 Å². The van der Waals surface area contributed by atoms with E-state index in [1.807, 2.05) is 13.8 Å². The molecule has 96 valence electrons. The molecule has 1 rings (SSSR count). The number of hydrogen-bond acceptors (Lipinski definition) is 1. The highest BCUT2D eigenvalue weighted by molar-refractivity contribution is 9.10. The van der Waals surface area contributed by atoms with Gasteiger partial charge in [0, 0.05) is 10.5 Å². The lowest BCUT2D eigenvalue weighted by Gasteiger charge is -2.14. The van der Waals surface area contributed by atoms with Crippen molar-refractivity contribution in [2.75, 3.05) is 6.54 Å². The van der Waals surface area contributed by atoms with Gasteiger partial charge in [0.2, 0.25) is 0 Å². The minimum Gasteiger partial charge on any atom is -0.314 e. The van der Waals surface area contributed by atoms with Crippen molar-refractivity contribution in [3.63, 3.8) is 0 Å². The molecule has 1 aromatic carbocycles. The molecule has 0 bridgehead atoms. The van der Waals surface area contributed by atoms with Gasteiger partial charge in [0.15, 0.2) is 0 Å². The number of nitrogens with one attached hydrogen (secondary N) is 1. The zero-order valence-electron chi connectivity index (χ0n) is 9.74. The van der Waals surface area contributed by atoms with E-state index in [1.165, 1.54) is 6.07 Å². The monoisotopic (exact) mass is 309 g/mol. The van der Waals surface area contributed by atoms with Gasteiger partial charge in [0.05, 0.1) is 5.56 Å². The Hall–Kier alpha value is -0.550.